The fourth-order valence-electron chi connectivity index (χ4n) is 3.81. The minimum absolute atomic E-state index is 0.306. The van der Waals surface area contributed by atoms with Gasteiger partial charge < -0.3 is 10.6 Å². The van der Waals surface area contributed by atoms with Crippen LogP contribution in [-0.4, -0.2) is 54.6 Å². The van der Waals surface area contributed by atoms with E-state index in [-0.39, 0.29) is 0 Å². The van der Waals surface area contributed by atoms with Crippen LogP contribution >= 0.6 is 0 Å². The summed E-state index contributed by atoms with van der Waals surface area (Å²) in [5, 5.41) is 0. The van der Waals surface area contributed by atoms with Gasteiger partial charge in [-0.15, -0.1) is 0 Å². The molecule has 0 unspecified atom stereocenters. The first-order chi connectivity index (χ1) is 9.07. The Hall–Kier alpha value is -0.120. The summed E-state index contributed by atoms with van der Waals surface area (Å²) in [6.07, 6.45) is 6.55. The molecule has 0 aromatic carbocycles. The summed E-state index contributed by atoms with van der Waals surface area (Å²) in [5.74, 6) is 0. The van der Waals surface area contributed by atoms with Crippen LogP contribution in [0.5, 0.6) is 0 Å². The largest absolute Gasteiger partial charge is 0.329 e. The van der Waals surface area contributed by atoms with Crippen molar-refractivity contribution in [2.24, 2.45) is 11.1 Å². The van der Waals surface area contributed by atoms with Crippen molar-refractivity contribution < 1.29 is 0 Å². The van der Waals surface area contributed by atoms with Gasteiger partial charge in [-0.25, -0.2) is 0 Å². The van der Waals surface area contributed by atoms with Gasteiger partial charge in [-0.1, -0.05) is 27.2 Å². The molecule has 112 valence electrons. The SMILES string of the molecule is CCN1CCC(CN)(N2CCC(C)(CC)CC2)CC1. The lowest BCUT2D eigenvalue weighted by atomic mass is 9.75. The standard InChI is InChI=1S/C16H33N3/c1-4-15(3)6-12-19(13-7-15)16(14-17)8-10-18(5-2)11-9-16/h4-14,17H2,1-3H3. The first-order valence-corrected chi connectivity index (χ1v) is 8.25. The molecule has 0 atom stereocenters. The first kappa shape index (κ1) is 15.3. The van der Waals surface area contributed by atoms with Crippen molar-refractivity contribution in [2.75, 3.05) is 39.3 Å². The zero-order chi connectivity index (χ0) is 13.9. The molecule has 2 N–H and O–H groups in total. The molecule has 2 saturated heterocycles. The number of nitrogens with two attached hydrogens (primary N) is 1. The zero-order valence-corrected chi connectivity index (χ0v) is 13.2. The van der Waals surface area contributed by atoms with Crippen LogP contribution in [0.4, 0.5) is 0 Å². The van der Waals surface area contributed by atoms with Gasteiger partial charge in [0.1, 0.15) is 0 Å². The third-order valence-corrected chi connectivity index (χ3v) is 6.11. The van der Waals surface area contributed by atoms with E-state index in [4.69, 9.17) is 5.73 Å². The molecule has 0 amide bonds. The molecular formula is C16H33N3. The Morgan fingerprint density at radius 3 is 1.95 bits per heavy atom. The molecule has 19 heavy (non-hydrogen) atoms. The van der Waals surface area contributed by atoms with E-state index in [2.05, 4.69) is 30.6 Å². The van der Waals surface area contributed by atoms with Crippen molar-refractivity contribution in [1.29, 1.82) is 0 Å². The van der Waals surface area contributed by atoms with E-state index in [9.17, 15) is 0 Å². The highest BCUT2D eigenvalue weighted by Crippen LogP contribution is 2.38. The second-order valence-corrected chi connectivity index (χ2v) is 7.01. The molecule has 0 saturated carbocycles. The first-order valence-electron chi connectivity index (χ1n) is 8.25. The molecule has 0 aromatic rings. The smallest absolute Gasteiger partial charge is 0.0356 e. The molecule has 2 aliphatic rings. The summed E-state index contributed by atoms with van der Waals surface area (Å²) in [6.45, 7) is 14.1. The maximum absolute atomic E-state index is 6.20. The van der Waals surface area contributed by atoms with Gasteiger partial charge in [0.15, 0.2) is 0 Å². The van der Waals surface area contributed by atoms with Crippen molar-refractivity contribution in [2.45, 2.75) is 58.4 Å². The van der Waals surface area contributed by atoms with E-state index in [0.717, 1.165) is 6.54 Å². The summed E-state index contributed by atoms with van der Waals surface area (Å²) in [6, 6.07) is 0. The van der Waals surface area contributed by atoms with Crippen LogP contribution < -0.4 is 5.73 Å². The van der Waals surface area contributed by atoms with E-state index >= 15 is 0 Å². The fourth-order valence-corrected chi connectivity index (χ4v) is 3.81. The van der Waals surface area contributed by atoms with Crippen LogP contribution in [0.2, 0.25) is 0 Å². The van der Waals surface area contributed by atoms with E-state index in [1.807, 2.05) is 0 Å². The molecule has 2 aliphatic heterocycles. The molecule has 0 aliphatic carbocycles. The predicted molar refractivity (Wildman–Crippen MR) is 82.3 cm³/mol. The van der Waals surface area contributed by atoms with Gasteiger partial charge in [-0.2, -0.15) is 0 Å². The van der Waals surface area contributed by atoms with E-state index < -0.39 is 0 Å². The van der Waals surface area contributed by atoms with Crippen LogP contribution in [0.3, 0.4) is 0 Å². The molecule has 0 spiro atoms. The molecule has 2 rings (SSSR count). The van der Waals surface area contributed by atoms with Crippen LogP contribution in [0.15, 0.2) is 0 Å². The molecule has 0 bridgehead atoms. The van der Waals surface area contributed by atoms with Crippen LogP contribution in [0, 0.1) is 5.41 Å². The third-order valence-electron chi connectivity index (χ3n) is 6.11. The number of likely N-dealkylation sites (tertiary alicyclic amines) is 2. The van der Waals surface area contributed by atoms with E-state index in [1.54, 1.807) is 0 Å². The fraction of sp³-hybridized carbons (Fsp3) is 1.00. The minimum atomic E-state index is 0.306. The van der Waals surface area contributed by atoms with Gasteiger partial charge in [-0.3, -0.25) is 4.90 Å². The Bertz CT molecular complexity index is 274. The van der Waals surface area contributed by atoms with Crippen LogP contribution in [0.25, 0.3) is 0 Å². The summed E-state index contributed by atoms with van der Waals surface area (Å²) in [5.41, 5.74) is 7.08. The van der Waals surface area contributed by atoms with Gasteiger partial charge >= 0.3 is 0 Å². The number of hydrogen-bond acceptors (Lipinski definition) is 3. The van der Waals surface area contributed by atoms with Crippen molar-refractivity contribution in [3.8, 4) is 0 Å². The molecule has 3 nitrogen and oxygen atoms in total. The van der Waals surface area contributed by atoms with Crippen molar-refractivity contribution in [1.82, 2.24) is 9.80 Å². The van der Waals surface area contributed by atoms with Crippen molar-refractivity contribution in [3.63, 3.8) is 0 Å². The Balaban J connectivity index is 1.96. The maximum atomic E-state index is 6.20. The van der Waals surface area contributed by atoms with Crippen molar-refractivity contribution >= 4 is 0 Å². The van der Waals surface area contributed by atoms with Gasteiger partial charge in [0, 0.05) is 12.1 Å². The third kappa shape index (κ3) is 3.14. The summed E-state index contributed by atoms with van der Waals surface area (Å²) < 4.78 is 0. The lowest BCUT2D eigenvalue weighted by Gasteiger charge is -2.52. The molecule has 2 fully saturated rings. The quantitative estimate of drug-likeness (QED) is 0.848. The van der Waals surface area contributed by atoms with Gasteiger partial charge in [0.2, 0.25) is 0 Å². The average Bonchev–Trinajstić information content (AvgIpc) is 2.48. The van der Waals surface area contributed by atoms with E-state index in [1.165, 1.54) is 64.8 Å². The predicted octanol–water partition coefficient (Wildman–Crippen LogP) is 2.31. The summed E-state index contributed by atoms with van der Waals surface area (Å²) in [4.78, 5) is 5.30. The second kappa shape index (κ2) is 6.11. The van der Waals surface area contributed by atoms with Crippen molar-refractivity contribution in [3.05, 3.63) is 0 Å². The highest BCUT2D eigenvalue weighted by Gasteiger charge is 2.41. The molecular weight excluding hydrogens is 234 g/mol. The Morgan fingerprint density at radius 1 is 0.947 bits per heavy atom. The number of piperidine rings is 2. The number of hydrogen-bond donors (Lipinski definition) is 1. The Labute approximate surface area is 119 Å². The number of rotatable bonds is 4. The summed E-state index contributed by atoms with van der Waals surface area (Å²) >= 11 is 0. The molecule has 2 heterocycles. The normalized spacial score (nSPS) is 28.4. The van der Waals surface area contributed by atoms with Gasteiger partial charge in [0.25, 0.3) is 0 Å². The lowest BCUT2D eigenvalue weighted by molar-refractivity contribution is -0.0125. The monoisotopic (exact) mass is 267 g/mol. The highest BCUT2D eigenvalue weighted by molar-refractivity contribution is 4.98. The average molecular weight is 267 g/mol. The maximum Gasteiger partial charge on any atom is 0.0356 e. The summed E-state index contributed by atoms with van der Waals surface area (Å²) in [7, 11) is 0. The van der Waals surface area contributed by atoms with E-state index in [0.29, 0.717) is 11.0 Å². The van der Waals surface area contributed by atoms with Gasteiger partial charge in [-0.05, 0) is 63.8 Å². The van der Waals surface area contributed by atoms with Crippen LogP contribution in [-0.2, 0) is 0 Å². The lowest BCUT2D eigenvalue weighted by Crippen LogP contribution is -2.61. The number of nitrogens with zero attached hydrogens (tertiary/aromatic N) is 2. The topological polar surface area (TPSA) is 32.5 Å². The molecule has 3 heteroatoms. The Morgan fingerprint density at radius 2 is 1.53 bits per heavy atom. The zero-order valence-electron chi connectivity index (χ0n) is 13.2. The van der Waals surface area contributed by atoms with Gasteiger partial charge in [0.05, 0.1) is 0 Å². The minimum Gasteiger partial charge on any atom is -0.329 e. The van der Waals surface area contributed by atoms with Crippen LogP contribution in [0.1, 0.15) is 52.9 Å². The Kier molecular flexibility index (Phi) is 4.91. The second-order valence-electron chi connectivity index (χ2n) is 7.01. The highest BCUT2D eigenvalue weighted by atomic mass is 15.2. The molecule has 0 radical (unpaired) electrons. The molecule has 0 aromatic heterocycles.